The summed E-state index contributed by atoms with van der Waals surface area (Å²) in [6.45, 7) is 12.5. The van der Waals surface area contributed by atoms with Crippen LogP contribution in [-0.2, 0) is 9.59 Å². The minimum absolute atomic E-state index is 0.0518. The minimum Gasteiger partial charge on any atom is -0.353 e. The number of amides is 2. The highest BCUT2D eigenvalue weighted by Crippen LogP contribution is 2.19. The Labute approximate surface area is 163 Å². The molecule has 2 rings (SSSR count). The van der Waals surface area contributed by atoms with E-state index in [2.05, 4.69) is 30.6 Å². The molecule has 5 heteroatoms. The number of benzene rings is 1. The monoisotopic (exact) mass is 371 g/mol. The smallest absolute Gasteiger partial charge is 0.241 e. The SMILES string of the molecule is C=CCN(C(=O)CN1CCC(C(=O)NC(C)C(C)C)CC1)c1ccccc1. The zero-order chi connectivity index (χ0) is 19.8. The highest BCUT2D eigenvalue weighted by atomic mass is 16.2. The Morgan fingerprint density at radius 1 is 1.22 bits per heavy atom. The van der Waals surface area contributed by atoms with Gasteiger partial charge in [0.15, 0.2) is 0 Å². The zero-order valence-corrected chi connectivity index (χ0v) is 16.9. The maximum absolute atomic E-state index is 12.8. The van der Waals surface area contributed by atoms with Gasteiger partial charge < -0.3 is 10.2 Å². The molecule has 0 aromatic heterocycles. The lowest BCUT2D eigenvalue weighted by Crippen LogP contribution is -2.47. The summed E-state index contributed by atoms with van der Waals surface area (Å²) in [6.07, 6.45) is 3.35. The van der Waals surface area contributed by atoms with Gasteiger partial charge in [-0.1, -0.05) is 38.1 Å². The molecular formula is C22H33N3O2. The summed E-state index contributed by atoms with van der Waals surface area (Å²) >= 11 is 0. The number of hydrogen-bond acceptors (Lipinski definition) is 3. The van der Waals surface area contributed by atoms with Gasteiger partial charge >= 0.3 is 0 Å². The quantitative estimate of drug-likeness (QED) is 0.715. The number of rotatable bonds is 8. The molecule has 1 aromatic rings. The Balaban J connectivity index is 1.86. The number of para-hydroxylation sites is 1. The molecule has 2 amide bonds. The summed E-state index contributed by atoms with van der Waals surface area (Å²) in [7, 11) is 0. The normalized spacial score (nSPS) is 16.7. The van der Waals surface area contributed by atoms with Gasteiger partial charge in [-0.3, -0.25) is 14.5 Å². The van der Waals surface area contributed by atoms with Crippen LogP contribution in [0.5, 0.6) is 0 Å². The van der Waals surface area contributed by atoms with E-state index in [1.165, 1.54) is 0 Å². The van der Waals surface area contributed by atoms with E-state index in [-0.39, 0.29) is 23.8 Å². The van der Waals surface area contributed by atoms with E-state index in [0.717, 1.165) is 31.6 Å². The Hall–Kier alpha value is -2.14. The molecule has 1 atom stereocenters. The largest absolute Gasteiger partial charge is 0.353 e. The van der Waals surface area contributed by atoms with E-state index in [4.69, 9.17) is 0 Å². The predicted molar refractivity (Wildman–Crippen MR) is 111 cm³/mol. The summed E-state index contributed by atoms with van der Waals surface area (Å²) in [5.41, 5.74) is 0.888. The highest BCUT2D eigenvalue weighted by molar-refractivity contribution is 5.95. The average molecular weight is 372 g/mol. The van der Waals surface area contributed by atoms with Gasteiger partial charge in [0.05, 0.1) is 6.54 Å². The lowest BCUT2D eigenvalue weighted by atomic mass is 9.95. The van der Waals surface area contributed by atoms with Crippen molar-refractivity contribution in [3.63, 3.8) is 0 Å². The first kappa shape index (κ1) is 21.2. The summed E-state index contributed by atoms with van der Waals surface area (Å²) in [5, 5.41) is 3.12. The lowest BCUT2D eigenvalue weighted by molar-refractivity contribution is -0.127. The van der Waals surface area contributed by atoms with Crippen molar-refractivity contribution >= 4 is 17.5 Å². The van der Waals surface area contributed by atoms with Gasteiger partial charge in [-0.25, -0.2) is 0 Å². The van der Waals surface area contributed by atoms with Crippen LogP contribution in [0.25, 0.3) is 0 Å². The summed E-state index contributed by atoms with van der Waals surface area (Å²) in [6, 6.07) is 9.87. The second kappa shape index (κ2) is 10.3. The van der Waals surface area contributed by atoms with Crippen LogP contribution in [0.15, 0.2) is 43.0 Å². The van der Waals surface area contributed by atoms with Crippen molar-refractivity contribution in [1.29, 1.82) is 0 Å². The molecular weight excluding hydrogens is 338 g/mol. The number of hydrogen-bond donors (Lipinski definition) is 1. The van der Waals surface area contributed by atoms with Crippen molar-refractivity contribution in [3.05, 3.63) is 43.0 Å². The molecule has 0 saturated carbocycles. The van der Waals surface area contributed by atoms with E-state index in [0.29, 0.717) is 19.0 Å². The first-order valence-corrected chi connectivity index (χ1v) is 9.91. The van der Waals surface area contributed by atoms with Gasteiger partial charge in [-0.2, -0.15) is 0 Å². The molecule has 0 bridgehead atoms. The third-order valence-electron chi connectivity index (χ3n) is 5.37. The maximum Gasteiger partial charge on any atom is 0.241 e. The van der Waals surface area contributed by atoms with Crippen LogP contribution in [0.3, 0.4) is 0 Å². The van der Waals surface area contributed by atoms with Gasteiger partial charge in [-0.05, 0) is 50.9 Å². The molecule has 0 radical (unpaired) electrons. The fraction of sp³-hybridized carbons (Fsp3) is 0.545. The number of anilines is 1. The summed E-state index contributed by atoms with van der Waals surface area (Å²) in [4.78, 5) is 29.1. The maximum atomic E-state index is 12.8. The van der Waals surface area contributed by atoms with Crippen LogP contribution in [0.4, 0.5) is 5.69 Å². The number of likely N-dealkylation sites (tertiary alicyclic amines) is 1. The van der Waals surface area contributed by atoms with Crippen molar-refractivity contribution in [2.24, 2.45) is 11.8 Å². The third-order valence-corrected chi connectivity index (χ3v) is 5.37. The molecule has 5 nitrogen and oxygen atoms in total. The average Bonchev–Trinajstić information content (AvgIpc) is 2.67. The molecule has 1 aromatic carbocycles. The van der Waals surface area contributed by atoms with Crippen molar-refractivity contribution in [2.45, 2.75) is 39.7 Å². The summed E-state index contributed by atoms with van der Waals surface area (Å²) < 4.78 is 0. The fourth-order valence-electron chi connectivity index (χ4n) is 3.23. The molecule has 1 N–H and O–H groups in total. The molecule has 1 fully saturated rings. The zero-order valence-electron chi connectivity index (χ0n) is 16.9. The molecule has 148 valence electrons. The van der Waals surface area contributed by atoms with E-state index >= 15 is 0 Å². The lowest BCUT2D eigenvalue weighted by Gasteiger charge is -2.33. The van der Waals surface area contributed by atoms with Gasteiger partial charge in [0, 0.05) is 24.2 Å². The second-order valence-corrected chi connectivity index (χ2v) is 7.72. The van der Waals surface area contributed by atoms with E-state index in [1.54, 1.807) is 11.0 Å². The van der Waals surface area contributed by atoms with Crippen molar-refractivity contribution in [3.8, 4) is 0 Å². The Morgan fingerprint density at radius 2 is 1.85 bits per heavy atom. The van der Waals surface area contributed by atoms with E-state index in [9.17, 15) is 9.59 Å². The van der Waals surface area contributed by atoms with Crippen LogP contribution < -0.4 is 10.2 Å². The van der Waals surface area contributed by atoms with Crippen LogP contribution in [0, 0.1) is 11.8 Å². The van der Waals surface area contributed by atoms with Gasteiger partial charge in [-0.15, -0.1) is 6.58 Å². The van der Waals surface area contributed by atoms with Crippen molar-refractivity contribution in [1.82, 2.24) is 10.2 Å². The topological polar surface area (TPSA) is 52.7 Å². The first-order chi connectivity index (χ1) is 12.9. The van der Waals surface area contributed by atoms with E-state index in [1.807, 2.05) is 37.3 Å². The van der Waals surface area contributed by atoms with Crippen LogP contribution >= 0.6 is 0 Å². The first-order valence-electron chi connectivity index (χ1n) is 9.91. The molecule has 1 unspecified atom stereocenters. The second-order valence-electron chi connectivity index (χ2n) is 7.72. The number of carbonyl (C=O) groups excluding carboxylic acids is 2. The molecule has 0 spiro atoms. The molecule has 1 aliphatic heterocycles. The van der Waals surface area contributed by atoms with Crippen LogP contribution in [0.1, 0.15) is 33.6 Å². The van der Waals surface area contributed by atoms with E-state index < -0.39 is 0 Å². The number of carbonyl (C=O) groups is 2. The molecule has 1 aliphatic rings. The molecule has 27 heavy (non-hydrogen) atoms. The number of nitrogens with zero attached hydrogens (tertiary/aromatic N) is 2. The van der Waals surface area contributed by atoms with Crippen molar-refractivity contribution in [2.75, 3.05) is 31.1 Å². The van der Waals surface area contributed by atoms with Gasteiger partial charge in [0.2, 0.25) is 11.8 Å². The Kier molecular flexibility index (Phi) is 8.04. The Bertz CT molecular complexity index is 622. The van der Waals surface area contributed by atoms with Crippen LogP contribution in [-0.4, -0.2) is 48.9 Å². The number of piperidine rings is 1. The van der Waals surface area contributed by atoms with Gasteiger partial charge in [0.25, 0.3) is 0 Å². The molecule has 1 saturated heterocycles. The summed E-state index contributed by atoms with van der Waals surface area (Å²) in [5.74, 6) is 0.702. The third kappa shape index (κ3) is 6.21. The fourth-order valence-corrected chi connectivity index (χ4v) is 3.23. The van der Waals surface area contributed by atoms with Crippen LogP contribution in [0.2, 0.25) is 0 Å². The standard InChI is InChI=1S/C22H33N3O2/c1-5-13-25(20-9-7-6-8-10-20)21(26)16-24-14-11-19(12-15-24)22(27)23-18(4)17(2)3/h5-10,17-19H,1,11-16H2,2-4H3,(H,23,27). The highest BCUT2D eigenvalue weighted by Gasteiger charge is 2.28. The molecule has 0 aliphatic carbocycles. The molecule has 1 heterocycles. The minimum atomic E-state index is 0.0518. The van der Waals surface area contributed by atoms with Crippen molar-refractivity contribution < 1.29 is 9.59 Å². The Morgan fingerprint density at radius 3 is 2.41 bits per heavy atom. The predicted octanol–water partition coefficient (Wildman–Crippen LogP) is 3.08. The van der Waals surface area contributed by atoms with Gasteiger partial charge in [0.1, 0.15) is 0 Å². The number of nitrogens with one attached hydrogen (secondary N) is 1.